The van der Waals surface area contributed by atoms with Crippen LogP contribution in [0.15, 0.2) is 190 Å². The number of aliphatic imine (C=N–C) groups is 2. The van der Waals surface area contributed by atoms with E-state index in [0.29, 0.717) is 0 Å². The number of amidine groups is 2. The minimum Gasteiger partial charge on any atom is -0.456 e. The fourth-order valence-corrected chi connectivity index (χ4v) is 10.1. The standard InChI is InChI=1S/C51H34N4OS/c1-3-13-31(14-4-1)49-52-50(32-15-5-2-6-16-32)54-51(53-49)33-25-28-46-41(29-33)39-21-11-20-38(48(39)57-46)37-19-12-24-44-47(37)40-27-26-34(30-45(40)56-44)55-42-22-9-7-17-35(42)36-18-8-10-23-43(36)55/h1-15,17-30,32,51H,16H2,(H,52,53,54). The number of para-hydroxylation sites is 2. The SMILES string of the molecule is C1=CCC(C2=NC(c3ccccc3)=NC(c3ccc4sc5c(-c6cccc7oc8cc(-n9c%10ccccc%10c%10ccccc%109)ccc8c67)cccc5c4c3)N2)C=C1. The van der Waals surface area contributed by atoms with Crippen molar-refractivity contribution in [3.05, 3.63) is 187 Å². The number of allylic oxidation sites excluding steroid dienone is 3. The number of hydrogen-bond donors (Lipinski definition) is 1. The van der Waals surface area contributed by atoms with Crippen molar-refractivity contribution < 1.29 is 4.42 Å². The molecule has 1 aliphatic carbocycles. The summed E-state index contributed by atoms with van der Waals surface area (Å²) in [7, 11) is 0. The second-order valence-electron chi connectivity index (χ2n) is 14.9. The van der Waals surface area contributed by atoms with Gasteiger partial charge in [-0.2, -0.15) is 0 Å². The first-order valence-electron chi connectivity index (χ1n) is 19.5. The summed E-state index contributed by atoms with van der Waals surface area (Å²) < 4.78 is 11.5. The smallest absolute Gasteiger partial charge is 0.159 e. The van der Waals surface area contributed by atoms with Gasteiger partial charge >= 0.3 is 0 Å². The first-order chi connectivity index (χ1) is 28.2. The van der Waals surface area contributed by atoms with Crippen molar-refractivity contribution in [2.24, 2.45) is 15.9 Å². The highest BCUT2D eigenvalue weighted by Crippen LogP contribution is 2.45. The lowest BCUT2D eigenvalue weighted by Crippen LogP contribution is -2.37. The average Bonchev–Trinajstić information content (AvgIpc) is 3.96. The van der Waals surface area contributed by atoms with Gasteiger partial charge in [0.1, 0.15) is 23.2 Å². The van der Waals surface area contributed by atoms with Gasteiger partial charge in [0.25, 0.3) is 0 Å². The van der Waals surface area contributed by atoms with Crippen LogP contribution in [0.3, 0.4) is 0 Å². The Morgan fingerprint density at radius 1 is 0.632 bits per heavy atom. The molecule has 6 heteroatoms. The molecular weight excluding hydrogens is 717 g/mol. The minimum absolute atomic E-state index is 0.182. The Kier molecular flexibility index (Phi) is 7.22. The monoisotopic (exact) mass is 750 g/mol. The third-order valence-corrected chi connectivity index (χ3v) is 12.8. The first-order valence-corrected chi connectivity index (χ1v) is 20.3. The Hall–Kier alpha value is -7.02. The van der Waals surface area contributed by atoms with Gasteiger partial charge in [0.15, 0.2) is 5.84 Å². The lowest BCUT2D eigenvalue weighted by atomic mass is 9.97. The maximum Gasteiger partial charge on any atom is 0.159 e. The average molecular weight is 751 g/mol. The fraction of sp³-hybridized carbons (Fsp3) is 0.0588. The quantitative estimate of drug-likeness (QED) is 0.190. The van der Waals surface area contributed by atoms with E-state index in [2.05, 4.69) is 168 Å². The third kappa shape index (κ3) is 5.14. The molecular formula is C51H34N4OS. The number of nitrogens with one attached hydrogen (secondary N) is 1. The lowest BCUT2D eigenvalue weighted by molar-refractivity contribution is 0.643. The van der Waals surface area contributed by atoms with E-state index in [1.165, 1.54) is 53.1 Å². The molecule has 3 aromatic heterocycles. The van der Waals surface area contributed by atoms with Crippen LogP contribution in [0.25, 0.3) is 80.7 Å². The Bertz CT molecular complexity index is 3320. The van der Waals surface area contributed by atoms with E-state index in [1.807, 2.05) is 29.5 Å². The van der Waals surface area contributed by atoms with Crippen molar-refractivity contribution >= 4 is 86.9 Å². The van der Waals surface area contributed by atoms with E-state index in [-0.39, 0.29) is 12.1 Å². The van der Waals surface area contributed by atoms with Crippen LogP contribution in [0.5, 0.6) is 0 Å². The van der Waals surface area contributed by atoms with Gasteiger partial charge in [-0.1, -0.05) is 127 Å². The van der Waals surface area contributed by atoms with Crippen LogP contribution in [0.1, 0.15) is 23.7 Å². The highest BCUT2D eigenvalue weighted by Gasteiger charge is 2.25. The zero-order valence-electron chi connectivity index (χ0n) is 30.8. The van der Waals surface area contributed by atoms with Crippen LogP contribution < -0.4 is 5.32 Å². The predicted molar refractivity (Wildman–Crippen MR) is 239 cm³/mol. The third-order valence-electron chi connectivity index (χ3n) is 11.6. The number of nitrogens with zero attached hydrogens (tertiary/aromatic N) is 3. The number of furan rings is 1. The number of fused-ring (bicyclic) bond motifs is 9. The van der Waals surface area contributed by atoms with Gasteiger partial charge in [-0.05, 0) is 60.0 Å². The maximum atomic E-state index is 6.68. The number of benzene rings is 7. The summed E-state index contributed by atoms with van der Waals surface area (Å²) >= 11 is 1.85. The summed E-state index contributed by atoms with van der Waals surface area (Å²) in [5.74, 6) is 1.90. The van der Waals surface area contributed by atoms with E-state index in [4.69, 9.17) is 14.4 Å². The number of rotatable bonds is 5. The molecule has 2 atom stereocenters. The molecule has 1 N–H and O–H groups in total. The molecule has 2 unspecified atom stereocenters. The largest absolute Gasteiger partial charge is 0.456 e. The number of thiophene rings is 1. The second-order valence-corrected chi connectivity index (χ2v) is 15.9. The molecule has 10 aromatic rings. The van der Waals surface area contributed by atoms with Gasteiger partial charge in [-0.25, -0.2) is 9.98 Å². The van der Waals surface area contributed by atoms with Crippen LogP contribution in [0, 0.1) is 5.92 Å². The molecule has 2 aliphatic rings. The molecule has 0 radical (unpaired) electrons. The van der Waals surface area contributed by atoms with Crippen molar-refractivity contribution in [2.75, 3.05) is 0 Å². The number of aromatic nitrogens is 1. The highest BCUT2D eigenvalue weighted by molar-refractivity contribution is 7.26. The summed E-state index contributed by atoms with van der Waals surface area (Å²) in [6, 6.07) is 54.2. The topological polar surface area (TPSA) is 54.8 Å². The van der Waals surface area contributed by atoms with Gasteiger partial charge in [0.05, 0.1) is 11.0 Å². The van der Waals surface area contributed by atoms with Crippen LogP contribution in [0.4, 0.5) is 0 Å². The van der Waals surface area contributed by atoms with E-state index < -0.39 is 0 Å². The van der Waals surface area contributed by atoms with E-state index >= 15 is 0 Å². The van der Waals surface area contributed by atoms with Gasteiger partial charge in [-0.3, -0.25) is 0 Å². The zero-order chi connectivity index (χ0) is 37.5. The van der Waals surface area contributed by atoms with Crippen LogP contribution in [-0.2, 0) is 0 Å². The Balaban J connectivity index is 0.968. The van der Waals surface area contributed by atoms with Gasteiger partial charge in [0.2, 0.25) is 0 Å². The molecule has 0 spiro atoms. The molecule has 5 nitrogen and oxygen atoms in total. The molecule has 270 valence electrons. The van der Waals surface area contributed by atoms with Crippen molar-refractivity contribution in [3.63, 3.8) is 0 Å². The van der Waals surface area contributed by atoms with Crippen molar-refractivity contribution in [3.8, 4) is 16.8 Å². The Labute approximate surface area is 332 Å². The number of hydrogen-bond acceptors (Lipinski definition) is 5. The van der Waals surface area contributed by atoms with Gasteiger partial charge in [0, 0.05) is 70.5 Å². The molecule has 0 fully saturated rings. The van der Waals surface area contributed by atoms with Crippen LogP contribution in [-0.4, -0.2) is 16.2 Å². The molecule has 57 heavy (non-hydrogen) atoms. The van der Waals surface area contributed by atoms with Crippen LogP contribution in [0.2, 0.25) is 0 Å². The van der Waals surface area contributed by atoms with E-state index in [9.17, 15) is 0 Å². The molecule has 0 amide bonds. The van der Waals surface area contributed by atoms with E-state index in [1.54, 1.807) is 0 Å². The summed E-state index contributed by atoms with van der Waals surface area (Å²) in [4.78, 5) is 10.2. The van der Waals surface area contributed by atoms with Gasteiger partial charge in [-0.15, -0.1) is 11.3 Å². The van der Waals surface area contributed by atoms with E-state index in [0.717, 1.165) is 56.8 Å². The van der Waals surface area contributed by atoms with Crippen molar-refractivity contribution in [1.29, 1.82) is 0 Å². The molecule has 4 heterocycles. The minimum atomic E-state index is -0.256. The van der Waals surface area contributed by atoms with Crippen molar-refractivity contribution in [2.45, 2.75) is 12.6 Å². The summed E-state index contributed by atoms with van der Waals surface area (Å²) in [5.41, 5.74) is 9.74. The lowest BCUT2D eigenvalue weighted by Gasteiger charge is -2.27. The van der Waals surface area contributed by atoms with Crippen molar-refractivity contribution in [1.82, 2.24) is 9.88 Å². The summed E-state index contributed by atoms with van der Waals surface area (Å²) in [5, 5.41) is 10.9. The zero-order valence-corrected chi connectivity index (χ0v) is 31.6. The molecule has 1 aliphatic heterocycles. The molecule has 7 aromatic carbocycles. The van der Waals surface area contributed by atoms with Gasteiger partial charge < -0.3 is 14.3 Å². The molecule has 12 rings (SSSR count). The Morgan fingerprint density at radius 3 is 2.23 bits per heavy atom. The fourth-order valence-electron chi connectivity index (χ4n) is 8.90. The second kappa shape index (κ2) is 12.8. The normalized spacial score (nSPS) is 16.9. The van der Waals surface area contributed by atoms with Crippen LogP contribution >= 0.6 is 11.3 Å². The predicted octanol–water partition coefficient (Wildman–Crippen LogP) is 13.3. The molecule has 0 bridgehead atoms. The Morgan fingerprint density at radius 2 is 1.40 bits per heavy atom. The first kappa shape index (κ1) is 32.2. The summed E-state index contributed by atoms with van der Waals surface area (Å²) in [6.45, 7) is 0. The highest BCUT2D eigenvalue weighted by atomic mass is 32.1. The molecule has 0 saturated carbocycles. The summed E-state index contributed by atoms with van der Waals surface area (Å²) in [6.07, 6.45) is 9.30. The maximum absolute atomic E-state index is 6.68. The molecule has 0 saturated heterocycles.